The van der Waals surface area contributed by atoms with Crippen molar-refractivity contribution in [1.29, 1.82) is 0 Å². The second-order valence-electron chi connectivity index (χ2n) is 9.34. The van der Waals surface area contributed by atoms with Gasteiger partial charge in [0.15, 0.2) is 5.82 Å². The smallest absolute Gasteiger partial charge is 0.408 e. The van der Waals surface area contributed by atoms with Crippen LogP contribution in [0, 0.1) is 5.92 Å². The molecular weight excluding hydrogens is 412 g/mol. The van der Waals surface area contributed by atoms with E-state index in [0.717, 1.165) is 5.56 Å². The molecule has 1 aromatic heterocycles. The lowest BCUT2D eigenvalue weighted by Gasteiger charge is -2.26. The van der Waals surface area contributed by atoms with Gasteiger partial charge in [0.1, 0.15) is 11.1 Å². The summed E-state index contributed by atoms with van der Waals surface area (Å²) in [5.74, 6) is 0.111. The van der Waals surface area contributed by atoms with E-state index >= 15 is 0 Å². The zero-order chi connectivity index (χ0) is 23.9. The molecule has 9 nitrogen and oxygen atoms in total. The highest BCUT2D eigenvalue weighted by molar-refractivity contribution is 5.72. The van der Waals surface area contributed by atoms with E-state index in [1.165, 1.54) is 7.11 Å². The molecule has 0 bridgehead atoms. The van der Waals surface area contributed by atoms with Gasteiger partial charge in [0.25, 0.3) is 0 Å². The molecular formula is C23H34N4O5. The van der Waals surface area contributed by atoms with Gasteiger partial charge in [0.2, 0.25) is 5.89 Å². The molecule has 0 saturated carbocycles. The normalized spacial score (nSPS) is 13.0. The first-order chi connectivity index (χ1) is 14.9. The average molecular weight is 447 g/mol. The molecule has 176 valence electrons. The Morgan fingerprint density at radius 3 is 2.38 bits per heavy atom. The van der Waals surface area contributed by atoms with Gasteiger partial charge in [-0.25, -0.2) is 4.79 Å². The summed E-state index contributed by atoms with van der Waals surface area (Å²) in [5, 5.41) is 6.82. The maximum Gasteiger partial charge on any atom is 0.408 e. The van der Waals surface area contributed by atoms with Crippen molar-refractivity contribution in [3.8, 4) is 0 Å². The number of hydrogen-bond donors (Lipinski definition) is 1. The Labute approximate surface area is 189 Å². The van der Waals surface area contributed by atoms with Gasteiger partial charge in [-0.05, 0) is 40.2 Å². The van der Waals surface area contributed by atoms with Crippen LogP contribution < -0.4 is 5.32 Å². The maximum absolute atomic E-state index is 12.2. The molecule has 2 aromatic rings. The minimum Gasteiger partial charge on any atom is -0.469 e. The fourth-order valence-corrected chi connectivity index (χ4v) is 3.07. The summed E-state index contributed by atoms with van der Waals surface area (Å²) in [4.78, 5) is 30.6. The van der Waals surface area contributed by atoms with Crippen LogP contribution in [0.2, 0.25) is 0 Å². The zero-order valence-corrected chi connectivity index (χ0v) is 20.0. The number of nitrogens with zero attached hydrogens (tertiary/aromatic N) is 3. The van der Waals surface area contributed by atoms with Crippen LogP contribution in [0.3, 0.4) is 0 Å². The fourth-order valence-electron chi connectivity index (χ4n) is 3.07. The number of esters is 1. The van der Waals surface area contributed by atoms with Crippen molar-refractivity contribution in [2.45, 2.75) is 65.8 Å². The third-order valence-corrected chi connectivity index (χ3v) is 4.58. The summed E-state index contributed by atoms with van der Waals surface area (Å²) in [6.07, 6.45) is -0.563. The van der Waals surface area contributed by atoms with Crippen molar-refractivity contribution in [3.05, 3.63) is 47.6 Å². The number of carbonyl (C=O) groups excluding carboxylic acids is 2. The van der Waals surface area contributed by atoms with E-state index < -0.39 is 17.2 Å². The maximum atomic E-state index is 12.2. The molecule has 0 saturated heterocycles. The largest absolute Gasteiger partial charge is 0.469 e. The minimum atomic E-state index is -0.895. The van der Waals surface area contributed by atoms with Crippen LogP contribution in [0.15, 0.2) is 34.9 Å². The van der Waals surface area contributed by atoms with Crippen LogP contribution >= 0.6 is 0 Å². The predicted octanol–water partition coefficient (Wildman–Crippen LogP) is 3.64. The monoisotopic (exact) mass is 446 g/mol. The highest BCUT2D eigenvalue weighted by atomic mass is 16.6. The molecule has 1 aromatic carbocycles. The van der Waals surface area contributed by atoms with Gasteiger partial charge in [-0.3, -0.25) is 9.69 Å². The Hall–Kier alpha value is -2.94. The standard InChI is InChI=1S/C23H34N4O5/c1-16(19(28)30-7)13-27(14-17-11-9-8-10-12-17)15-18-24-20(26-32-18)23(5,6)25-21(29)31-22(2,3)4/h8-12,16H,13-15H2,1-7H3,(H,25,29)/t16-/m0/s1. The second-order valence-corrected chi connectivity index (χ2v) is 9.34. The van der Waals surface area contributed by atoms with Gasteiger partial charge in [-0.1, -0.05) is 42.4 Å². The van der Waals surface area contributed by atoms with E-state index in [1.54, 1.807) is 34.6 Å². The molecule has 0 aliphatic carbocycles. The third-order valence-electron chi connectivity index (χ3n) is 4.58. The van der Waals surface area contributed by atoms with Crippen molar-refractivity contribution in [2.24, 2.45) is 5.92 Å². The lowest BCUT2D eigenvalue weighted by molar-refractivity contribution is -0.145. The molecule has 2 rings (SSSR count). The molecule has 1 amide bonds. The van der Waals surface area contributed by atoms with Crippen LogP contribution in [0.5, 0.6) is 0 Å². The molecule has 1 atom stereocenters. The first-order valence-electron chi connectivity index (χ1n) is 10.6. The minimum absolute atomic E-state index is 0.281. The number of rotatable bonds is 9. The number of benzene rings is 1. The lowest BCUT2D eigenvalue weighted by atomic mass is 10.1. The molecule has 1 N–H and O–H groups in total. The molecule has 1 heterocycles. The highest BCUT2D eigenvalue weighted by Crippen LogP contribution is 2.20. The molecule has 0 aliphatic heterocycles. The quantitative estimate of drug-likeness (QED) is 0.582. The SMILES string of the molecule is COC(=O)[C@@H](C)CN(Cc1ccccc1)Cc1nc(C(C)(C)NC(=O)OC(C)(C)C)no1. The molecule has 0 unspecified atom stereocenters. The number of nitrogens with one attached hydrogen (secondary N) is 1. The Morgan fingerprint density at radius 2 is 1.78 bits per heavy atom. The van der Waals surface area contributed by atoms with Crippen LogP contribution in [0.25, 0.3) is 0 Å². The Kier molecular flexibility index (Phi) is 8.38. The lowest BCUT2D eigenvalue weighted by Crippen LogP contribution is -2.44. The fraction of sp³-hybridized carbons (Fsp3) is 0.565. The topological polar surface area (TPSA) is 107 Å². The number of hydrogen-bond acceptors (Lipinski definition) is 8. The molecule has 0 spiro atoms. The Balaban J connectivity index is 2.12. The number of aromatic nitrogens is 2. The summed E-state index contributed by atoms with van der Waals surface area (Å²) in [5.41, 5.74) is -0.416. The molecule has 0 radical (unpaired) electrons. The average Bonchev–Trinajstić information content (AvgIpc) is 3.15. The molecule has 9 heteroatoms. The number of carbonyl (C=O) groups is 2. The van der Waals surface area contributed by atoms with Gasteiger partial charge >= 0.3 is 12.1 Å². The van der Waals surface area contributed by atoms with Crippen LogP contribution in [-0.2, 0) is 32.9 Å². The number of amides is 1. The molecule has 32 heavy (non-hydrogen) atoms. The van der Waals surface area contributed by atoms with E-state index in [0.29, 0.717) is 31.3 Å². The predicted molar refractivity (Wildman–Crippen MR) is 118 cm³/mol. The van der Waals surface area contributed by atoms with Crippen molar-refractivity contribution in [3.63, 3.8) is 0 Å². The van der Waals surface area contributed by atoms with Gasteiger partial charge in [-0.2, -0.15) is 4.98 Å². The Morgan fingerprint density at radius 1 is 1.12 bits per heavy atom. The number of methoxy groups -OCH3 is 1. The zero-order valence-electron chi connectivity index (χ0n) is 20.0. The first kappa shape index (κ1) is 25.3. The van der Waals surface area contributed by atoms with Gasteiger partial charge < -0.3 is 19.3 Å². The van der Waals surface area contributed by atoms with E-state index in [2.05, 4.69) is 15.5 Å². The third kappa shape index (κ3) is 7.96. The van der Waals surface area contributed by atoms with Gasteiger partial charge in [0.05, 0.1) is 19.6 Å². The number of ether oxygens (including phenoxy) is 2. The summed E-state index contributed by atoms with van der Waals surface area (Å²) in [6.45, 7) is 12.1. The Bertz CT molecular complexity index is 889. The summed E-state index contributed by atoms with van der Waals surface area (Å²) in [6, 6.07) is 9.92. The van der Waals surface area contributed by atoms with Gasteiger partial charge in [-0.15, -0.1) is 0 Å². The van der Waals surface area contributed by atoms with E-state index in [1.807, 2.05) is 42.2 Å². The summed E-state index contributed by atoms with van der Waals surface area (Å²) >= 11 is 0. The molecule has 0 aliphatic rings. The van der Waals surface area contributed by atoms with E-state index in [9.17, 15) is 9.59 Å². The van der Waals surface area contributed by atoms with E-state index in [-0.39, 0.29) is 11.9 Å². The second kappa shape index (κ2) is 10.6. The van der Waals surface area contributed by atoms with Crippen molar-refractivity contribution in [1.82, 2.24) is 20.4 Å². The van der Waals surface area contributed by atoms with Crippen LogP contribution in [-0.4, -0.2) is 46.4 Å². The molecule has 0 fully saturated rings. The van der Waals surface area contributed by atoms with Crippen molar-refractivity contribution < 1.29 is 23.6 Å². The van der Waals surface area contributed by atoms with Crippen LogP contribution in [0.1, 0.15) is 58.8 Å². The van der Waals surface area contributed by atoms with Gasteiger partial charge in [0, 0.05) is 13.1 Å². The highest BCUT2D eigenvalue weighted by Gasteiger charge is 2.31. The van der Waals surface area contributed by atoms with Crippen molar-refractivity contribution in [2.75, 3.05) is 13.7 Å². The summed E-state index contributed by atoms with van der Waals surface area (Å²) in [7, 11) is 1.38. The van der Waals surface area contributed by atoms with E-state index in [4.69, 9.17) is 14.0 Å². The van der Waals surface area contributed by atoms with Crippen molar-refractivity contribution >= 4 is 12.1 Å². The number of alkyl carbamates (subject to hydrolysis) is 1. The summed E-state index contributed by atoms with van der Waals surface area (Å²) < 4.78 is 15.6. The first-order valence-corrected chi connectivity index (χ1v) is 10.6. The van der Waals surface area contributed by atoms with Crippen LogP contribution in [0.4, 0.5) is 4.79 Å².